The van der Waals surface area contributed by atoms with E-state index in [1.165, 1.54) is 6.08 Å². The van der Waals surface area contributed by atoms with Crippen LogP contribution in [0.5, 0.6) is 5.75 Å². The molecule has 0 radical (unpaired) electrons. The molecule has 4 rings (SSSR count). The maximum Gasteiger partial charge on any atom is 0.326 e. The molecule has 1 aliphatic heterocycles. The number of thioether (sulfide) groups is 1. The van der Waals surface area contributed by atoms with Gasteiger partial charge in [0.05, 0.1) is 21.6 Å². The molecule has 0 spiro atoms. The molecule has 0 atom stereocenters. The molecule has 34 heavy (non-hydrogen) atoms. The van der Waals surface area contributed by atoms with Crippen LogP contribution in [-0.4, -0.2) is 35.2 Å². The van der Waals surface area contributed by atoms with Crippen molar-refractivity contribution in [1.82, 2.24) is 4.90 Å². The number of nitrogens with zero attached hydrogens (tertiary/aromatic N) is 1. The quantitative estimate of drug-likeness (QED) is 0.270. The van der Waals surface area contributed by atoms with Crippen LogP contribution in [0.15, 0.2) is 59.5 Å². The van der Waals surface area contributed by atoms with E-state index in [1.807, 2.05) is 42.5 Å². The van der Waals surface area contributed by atoms with E-state index in [-0.39, 0.29) is 28.2 Å². The Morgan fingerprint density at radius 3 is 2.50 bits per heavy atom. The van der Waals surface area contributed by atoms with Crippen molar-refractivity contribution in [3.8, 4) is 5.75 Å². The van der Waals surface area contributed by atoms with E-state index < -0.39 is 23.7 Å². The minimum absolute atomic E-state index is 0.158. The lowest BCUT2D eigenvalue weighted by atomic mass is 10.1. The van der Waals surface area contributed by atoms with Gasteiger partial charge < -0.3 is 9.47 Å². The van der Waals surface area contributed by atoms with E-state index >= 15 is 0 Å². The Labute approximate surface area is 210 Å². The summed E-state index contributed by atoms with van der Waals surface area (Å²) in [6.07, 6.45) is 1.50. The summed E-state index contributed by atoms with van der Waals surface area (Å²) in [5.74, 6) is -0.903. The Morgan fingerprint density at radius 2 is 1.76 bits per heavy atom. The molecule has 3 aromatic carbocycles. The van der Waals surface area contributed by atoms with Gasteiger partial charge in [-0.3, -0.25) is 19.3 Å². The van der Waals surface area contributed by atoms with Crippen molar-refractivity contribution in [2.45, 2.75) is 13.5 Å². The fraction of sp³-hybridized carbons (Fsp3) is 0.160. The second kappa shape index (κ2) is 10.5. The molecule has 1 fully saturated rings. The summed E-state index contributed by atoms with van der Waals surface area (Å²) in [4.78, 5) is 37.4. The number of carbonyl (C=O) groups excluding carboxylic acids is 3. The highest BCUT2D eigenvalue weighted by atomic mass is 35.5. The Bertz CT molecular complexity index is 1300. The van der Waals surface area contributed by atoms with E-state index in [9.17, 15) is 14.4 Å². The molecule has 1 aliphatic rings. The van der Waals surface area contributed by atoms with Crippen molar-refractivity contribution >= 4 is 68.9 Å². The van der Waals surface area contributed by atoms with Crippen LogP contribution in [0, 0.1) is 0 Å². The average Bonchev–Trinajstić information content (AvgIpc) is 3.06. The van der Waals surface area contributed by atoms with Crippen molar-refractivity contribution in [2.75, 3.05) is 13.2 Å². The summed E-state index contributed by atoms with van der Waals surface area (Å²) in [6.45, 7) is 1.65. The predicted octanol–water partition coefficient (Wildman–Crippen LogP) is 6.33. The number of hydrogen-bond acceptors (Lipinski definition) is 6. The third-order valence-corrected chi connectivity index (χ3v) is 6.51. The van der Waals surface area contributed by atoms with Gasteiger partial charge >= 0.3 is 5.97 Å². The summed E-state index contributed by atoms with van der Waals surface area (Å²) in [5, 5.41) is 2.17. The number of carbonyl (C=O) groups is 3. The molecule has 174 valence electrons. The SMILES string of the molecule is CCOC(=O)CN1C(=O)S/C(=C/c2cc(Cl)c(OCc3cccc4ccccc34)c(Cl)c2)C1=O. The number of benzene rings is 3. The van der Waals surface area contributed by atoms with Crippen LogP contribution in [-0.2, 0) is 20.9 Å². The van der Waals surface area contributed by atoms with Gasteiger partial charge in [-0.1, -0.05) is 65.7 Å². The topological polar surface area (TPSA) is 72.9 Å². The van der Waals surface area contributed by atoms with E-state index in [0.29, 0.717) is 11.3 Å². The van der Waals surface area contributed by atoms with E-state index in [2.05, 4.69) is 0 Å². The Kier molecular flexibility index (Phi) is 7.46. The minimum Gasteiger partial charge on any atom is -0.486 e. The molecule has 9 heteroatoms. The van der Waals surface area contributed by atoms with Crippen molar-refractivity contribution in [1.29, 1.82) is 0 Å². The molecule has 3 aromatic rings. The first-order valence-electron chi connectivity index (χ1n) is 10.4. The van der Waals surface area contributed by atoms with Crippen molar-refractivity contribution < 1.29 is 23.9 Å². The summed E-state index contributed by atoms with van der Waals surface area (Å²) in [5.41, 5.74) is 1.51. The molecular weight excluding hydrogens is 497 g/mol. The normalized spacial score (nSPS) is 14.8. The lowest BCUT2D eigenvalue weighted by molar-refractivity contribution is -0.145. The monoisotopic (exact) mass is 515 g/mol. The van der Waals surface area contributed by atoms with Gasteiger partial charge in [0.15, 0.2) is 5.75 Å². The number of ether oxygens (including phenoxy) is 2. The molecule has 6 nitrogen and oxygen atoms in total. The average molecular weight is 516 g/mol. The van der Waals surface area contributed by atoms with Crippen LogP contribution in [0.25, 0.3) is 16.8 Å². The molecule has 0 unspecified atom stereocenters. The highest BCUT2D eigenvalue weighted by Crippen LogP contribution is 2.38. The van der Waals surface area contributed by atoms with Crippen LogP contribution in [0.4, 0.5) is 4.79 Å². The molecule has 0 aromatic heterocycles. The summed E-state index contributed by atoms with van der Waals surface area (Å²) >= 11 is 13.6. The van der Waals surface area contributed by atoms with Gasteiger partial charge in [-0.05, 0) is 58.8 Å². The fourth-order valence-electron chi connectivity index (χ4n) is 3.49. The van der Waals surface area contributed by atoms with E-state index in [4.69, 9.17) is 32.7 Å². The van der Waals surface area contributed by atoms with Crippen LogP contribution < -0.4 is 4.74 Å². The van der Waals surface area contributed by atoms with Crippen LogP contribution in [0.3, 0.4) is 0 Å². The first kappa shape index (κ1) is 24.1. The van der Waals surface area contributed by atoms with Gasteiger partial charge in [0, 0.05) is 0 Å². The Hall–Kier alpha value is -3.00. The number of esters is 1. The van der Waals surface area contributed by atoms with Crippen LogP contribution in [0.2, 0.25) is 10.0 Å². The third kappa shape index (κ3) is 5.22. The smallest absolute Gasteiger partial charge is 0.326 e. The van der Waals surface area contributed by atoms with Crippen molar-refractivity contribution in [3.05, 3.63) is 80.7 Å². The number of fused-ring (bicyclic) bond motifs is 1. The number of rotatable bonds is 7. The lowest BCUT2D eigenvalue weighted by Gasteiger charge is -2.13. The molecule has 2 amide bonds. The van der Waals surface area contributed by atoms with Gasteiger partial charge in [-0.25, -0.2) is 0 Å². The van der Waals surface area contributed by atoms with Gasteiger partial charge in [0.25, 0.3) is 11.1 Å². The van der Waals surface area contributed by atoms with Gasteiger partial charge in [0.2, 0.25) is 0 Å². The minimum atomic E-state index is -0.648. The van der Waals surface area contributed by atoms with E-state index in [1.54, 1.807) is 19.1 Å². The molecule has 0 saturated carbocycles. The Balaban J connectivity index is 1.51. The summed E-state index contributed by atoms with van der Waals surface area (Å²) in [6, 6.07) is 17.2. The molecule has 0 N–H and O–H groups in total. The first-order valence-corrected chi connectivity index (χ1v) is 11.9. The zero-order valence-electron chi connectivity index (χ0n) is 18.0. The van der Waals surface area contributed by atoms with Gasteiger partial charge in [-0.15, -0.1) is 0 Å². The lowest BCUT2D eigenvalue weighted by Crippen LogP contribution is -2.34. The highest BCUT2D eigenvalue weighted by Gasteiger charge is 2.36. The summed E-state index contributed by atoms with van der Waals surface area (Å²) < 4.78 is 10.8. The second-order valence-corrected chi connectivity index (χ2v) is 9.12. The predicted molar refractivity (Wildman–Crippen MR) is 134 cm³/mol. The van der Waals surface area contributed by atoms with E-state index in [0.717, 1.165) is 33.0 Å². The maximum absolute atomic E-state index is 12.6. The second-order valence-electron chi connectivity index (χ2n) is 7.31. The zero-order valence-corrected chi connectivity index (χ0v) is 20.4. The fourth-order valence-corrected chi connectivity index (χ4v) is 4.94. The molecule has 0 aliphatic carbocycles. The molecule has 0 bridgehead atoms. The van der Waals surface area contributed by atoms with Crippen molar-refractivity contribution in [2.24, 2.45) is 0 Å². The van der Waals surface area contributed by atoms with Gasteiger partial charge in [0.1, 0.15) is 13.2 Å². The first-order chi connectivity index (χ1) is 16.4. The standard InChI is InChI=1S/C25H19Cl2NO5S/c1-2-32-22(29)13-28-24(30)21(34-25(28)31)12-15-10-19(26)23(20(27)11-15)33-14-17-8-5-7-16-6-3-4-9-18(16)17/h3-12H,2,13-14H2,1H3/b21-12+. The van der Waals surface area contributed by atoms with Crippen molar-refractivity contribution in [3.63, 3.8) is 0 Å². The highest BCUT2D eigenvalue weighted by molar-refractivity contribution is 8.18. The Morgan fingerprint density at radius 1 is 1.06 bits per heavy atom. The number of halogens is 2. The van der Waals surface area contributed by atoms with Crippen LogP contribution in [0.1, 0.15) is 18.1 Å². The molecule has 1 heterocycles. The molecule has 1 saturated heterocycles. The van der Waals surface area contributed by atoms with Crippen LogP contribution >= 0.6 is 35.0 Å². The number of amides is 2. The largest absolute Gasteiger partial charge is 0.486 e. The number of imide groups is 1. The van der Waals surface area contributed by atoms with Gasteiger partial charge in [-0.2, -0.15) is 0 Å². The molecular formula is C25H19Cl2NO5S. The summed E-state index contributed by atoms with van der Waals surface area (Å²) in [7, 11) is 0. The maximum atomic E-state index is 12.6. The third-order valence-electron chi connectivity index (χ3n) is 5.04. The number of hydrogen-bond donors (Lipinski definition) is 0. The zero-order chi connectivity index (χ0) is 24.2.